The van der Waals surface area contributed by atoms with Crippen molar-refractivity contribution in [1.82, 2.24) is 19.7 Å². The van der Waals surface area contributed by atoms with Gasteiger partial charge in [0.2, 0.25) is 11.0 Å². The normalized spacial score (nSPS) is 21.1. The van der Waals surface area contributed by atoms with Gasteiger partial charge in [0.1, 0.15) is 28.3 Å². The summed E-state index contributed by atoms with van der Waals surface area (Å²) in [5.41, 5.74) is 1.00. The van der Waals surface area contributed by atoms with Gasteiger partial charge in [-0.05, 0) is 50.5 Å². The van der Waals surface area contributed by atoms with Crippen molar-refractivity contribution in [1.29, 1.82) is 0 Å². The van der Waals surface area contributed by atoms with Crippen LogP contribution in [0.3, 0.4) is 0 Å². The van der Waals surface area contributed by atoms with Crippen LogP contribution in [0.4, 0.5) is 5.13 Å². The van der Waals surface area contributed by atoms with Crippen molar-refractivity contribution < 1.29 is 9.53 Å². The van der Waals surface area contributed by atoms with E-state index in [-0.39, 0.29) is 24.1 Å². The predicted molar refractivity (Wildman–Crippen MR) is 116 cm³/mol. The van der Waals surface area contributed by atoms with Crippen LogP contribution in [0.2, 0.25) is 0 Å². The predicted octanol–water partition coefficient (Wildman–Crippen LogP) is 3.23. The number of aryl methyl sites for hydroxylation is 2. The first kappa shape index (κ1) is 19.8. The maximum atomic E-state index is 13.2. The Kier molecular flexibility index (Phi) is 5.16. The largest absolute Gasteiger partial charge is 0.371 e. The Labute approximate surface area is 181 Å². The van der Waals surface area contributed by atoms with E-state index in [4.69, 9.17) is 4.74 Å². The number of nitrogens with zero attached hydrogens (tertiary/aromatic N) is 4. The zero-order chi connectivity index (χ0) is 20.8. The highest BCUT2D eigenvalue weighted by Gasteiger charge is 2.25. The van der Waals surface area contributed by atoms with Crippen molar-refractivity contribution in [2.75, 3.05) is 11.9 Å². The average Bonchev–Trinajstić information content (AvgIpc) is 3.43. The number of amides is 1. The molecule has 2 atom stereocenters. The van der Waals surface area contributed by atoms with Gasteiger partial charge in [-0.3, -0.25) is 19.5 Å². The number of rotatable bonds is 4. The molecule has 30 heavy (non-hydrogen) atoms. The van der Waals surface area contributed by atoms with Crippen molar-refractivity contribution in [2.24, 2.45) is 5.92 Å². The molecule has 0 radical (unpaired) electrons. The molecule has 158 valence electrons. The van der Waals surface area contributed by atoms with Crippen LogP contribution in [-0.4, -0.2) is 32.3 Å². The molecule has 1 aliphatic carbocycles. The number of thiophene rings is 1. The van der Waals surface area contributed by atoms with E-state index in [1.54, 1.807) is 18.3 Å². The molecule has 0 spiro atoms. The number of fused-ring (bicyclic) bond motifs is 3. The highest BCUT2D eigenvalue weighted by Crippen LogP contribution is 2.36. The minimum atomic E-state index is -0.311. The first-order valence-electron chi connectivity index (χ1n) is 10.3. The summed E-state index contributed by atoms with van der Waals surface area (Å²) < 4.78 is 7.08. The molecular weight excluding hydrogens is 422 g/mol. The summed E-state index contributed by atoms with van der Waals surface area (Å²) in [6.45, 7) is 4.65. The lowest BCUT2D eigenvalue weighted by molar-refractivity contribution is -0.116. The summed E-state index contributed by atoms with van der Waals surface area (Å²) in [6.07, 6.45) is 4.88. The maximum absolute atomic E-state index is 13.2. The zero-order valence-electron chi connectivity index (χ0n) is 16.9. The number of aromatic nitrogens is 4. The van der Waals surface area contributed by atoms with Gasteiger partial charge in [0.15, 0.2) is 0 Å². The van der Waals surface area contributed by atoms with Gasteiger partial charge >= 0.3 is 0 Å². The monoisotopic (exact) mass is 445 g/mol. The second kappa shape index (κ2) is 7.82. The third-order valence-electron chi connectivity index (χ3n) is 5.80. The molecule has 1 saturated heterocycles. The molecule has 0 aromatic carbocycles. The van der Waals surface area contributed by atoms with Crippen molar-refractivity contribution >= 4 is 43.9 Å². The number of ether oxygens (including phenoxy) is 1. The number of anilines is 1. The molecule has 5 rings (SSSR count). The average molecular weight is 446 g/mol. The SMILES string of the molecule is Cc1nc2sc3c(c2c(=O)n1CC(=O)Nc1nnc(C2CCCO2)s1)CCC(C)C3. The summed E-state index contributed by atoms with van der Waals surface area (Å²) in [5, 5.41) is 12.8. The lowest BCUT2D eigenvalue weighted by Gasteiger charge is -2.17. The first-order chi connectivity index (χ1) is 14.5. The molecule has 1 N–H and O–H groups in total. The van der Waals surface area contributed by atoms with Crippen LogP contribution >= 0.6 is 22.7 Å². The number of carbonyl (C=O) groups is 1. The Morgan fingerprint density at radius 3 is 2.97 bits per heavy atom. The van der Waals surface area contributed by atoms with Crippen LogP contribution in [-0.2, 0) is 28.9 Å². The van der Waals surface area contributed by atoms with Crippen LogP contribution in [0.5, 0.6) is 0 Å². The third-order valence-corrected chi connectivity index (χ3v) is 7.88. The summed E-state index contributed by atoms with van der Waals surface area (Å²) >= 11 is 2.94. The number of nitrogens with one attached hydrogen (secondary N) is 1. The molecule has 3 aromatic heterocycles. The van der Waals surface area contributed by atoms with Crippen LogP contribution < -0.4 is 10.9 Å². The van der Waals surface area contributed by atoms with Crippen LogP contribution in [0.25, 0.3) is 10.2 Å². The number of hydrogen-bond acceptors (Lipinski definition) is 8. The molecule has 10 heteroatoms. The van der Waals surface area contributed by atoms with Gasteiger partial charge in [-0.1, -0.05) is 18.3 Å². The molecule has 2 unspecified atom stereocenters. The number of carbonyl (C=O) groups excluding carboxylic acids is 1. The van der Waals surface area contributed by atoms with E-state index in [2.05, 4.69) is 27.4 Å². The van der Waals surface area contributed by atoms with Crippen LogP contribution in [0, 0.1) is 12.8 Å². The standard InChI is InChI=1S/C20H23N5O3S2/c1-10-5-6-12-14(8-10)29-18-16(12)19(27)25(11(2)21-18)9-15(26)22-20-24-23-17(30-20)13-4-3-7-28-13/h10,13H,3-9H2,1-2H3,(H,22,24,26). The lowest BCUT2D eigenvalue weighted by Crippen LogP contribution is -2.30. The second-order valence-corrected chi connectivity index (χ2v) is 10.2. The van der Waals surface area contributed by atoms with E-state index in [0.29, 0.717) is 22.3 Å². The van der Waals surface area contributed by atoms with E-state index < -0.39 is 0 Å². The smallest absolute Gasteiger partial charge is 0.263 e. The topological polar surface area (TPSA) is 99.0 Å². The summed E-state index contributed by atoms with van der Waals surface area (Å²) in [5.74, 6) is 0.867. The van der Waals surface area contributed by atoms with Crippen molar-refractivity contribution in [3.8, 4) is 0 Å². The van der Waals surface area contributed by atoms with Gasteiger partial charge < -0.3 is 4.74 Å². The molecule has 3 aromatic rings. The van der Waals surface area contributed by atoms with E-state index in [1.165, 1.54) is 20.8 Å². The molecule has 1 fully saturated rings. The molecular formula is C20H23N5O3S2. The molecule has 2 aliphatic rings. The van der Waals surface area contributed by atoms with Crippen molar-refractivity contribution in [3.63, 3.8) is 0 Å². The maximum Gasteiger partial charge on any atom is 0.263 e. The molecule has 1 amide bonds. The molecule has 0 bridgehead atoms. The van der Waals surface area contributed by atoms with Gasteiger partial charge in [0.05, 0.1) is 5.39 Å². The second-order valence-electron chi connectivity index (χ2n) is 8.08. The Balaban J connectivity index is 1.38. The van der Waals surface area contributed by atoms with E-state index in [9.17, 15) is 9.59 Å². The number of hydrogen-bond donors (Lipinski definition) is 1. The highest BCUT2D eigenvalue weighted by atomic mass is 32.1. The Morgan fingerprint density at radius 1 is 1.30 bits per heavy atom. The highest BCUT2D eigenvalue weighted by molar-refractivity contribution is 7.18. The molecule has 4 heterocycles. The van der Waals surface area contributed by atoms with Gasteiger partial charge in [-0.15, -0.1) is 21.5 Å². The first-order valence-corrected chi connectivity index (χ1v) is 11.9. The van der Waals surface area contributed by atoms with Gasteiger partial charge in [0, 0.05) is 11.5 Å². The fourth-order valence-electron chi connectivity index (χ4n) is 4.20. The van der Waals surface area contributed by atoms with Crippen molar-refractivity contribution in [3.05, 3.63) is 31.6 Å². The van der Waals surface area contributed by atoms with Crippen molar-refractivity contribution in [2.45, 2.75) is 58.6 Å². The van der Waals surface area contributed by atoms with E-state index in [1.807, 2.05) is 0 Å². The van der Waals surface area contributed by atoms with Gasteiger partial charge in [-0.2, -0.15) is 0 Å². The summed E-state index contributed by atoms with van der Waals surface area (Å²) in [7, 11) is 0. The summed E-state index contributed by atoms with van der Waals surface area (Å²) in [4.78, 5) is 32.6. The van der Waals surface area contributed by atoms with E-state index in [0.717, 1.165) is 54.1 Å². The third kappa shape index (κ3) is 3.57. The van der Waals surface area contributed by atoms with Gasteiger partial charge in [-0.25, -0.2) is 4.98 Å². The van der Waals surface area contributed by atoms with Crippen LogP contribution in [0.1, 0.15) is 53.6 Å². The Morgan fingerprint density at radius 2 is 2.17 bits per heavy atom. The minimum Gasteiger partial charge on any atom is -0.371 e. The zero-order valence-corrected chi connectivity index (χ0v) is 18.6. The molecule has 8 nitrogen and oxygen atoms in total. The van der Waals surface area contributed by atoms with Gasteiger partial charge in [0.25, 0.3) is 5.56 Å². The fraction of sp³-hybridized carbons (Fsp3) is 0.550. The Hall–Kier alpha value is -2.17. The Bertz CT molecular complexity index is 1180. The molecule has 1 aliphatic heterocycles. The van der Waals surface area contributed by atoms with Crippen LogP contribution in [0.15, 0.2) is 4.79 Å². The fourth-order valence-corrected chi connectivity index (χ4v) is 6.46. The quantitative estimate of drug-likeness (QED) is 0.662. The summed E-state index contributed by atoms with van der Waals surface area (Å²) in [6, 6.07) is 0. The lowest BCUT2D eigenvalue weighted by atomic mass is 9.89. The van der Waals surface area contributed by atoms with E-state index >= 15 is 0 Å². The molecule has 0 saturated carbocycles. The minimum absolute atomic E-state index is 0.0305.